The topological polar surface area (TPSA) is 25.8 Å². The van der Waals surface area contributed by atoms with Crippen molar-refractivity contribution in [2.45, 2.75) is 6.92 Å². The first-order chi connectivity index (χ1) is 4.18. The van der Waals surface area contributed by atoms with E-state index >= 15 is 0 Å². The van der Waals surface area contributed by atoms with E-state index in [4.69, 9.17) is 11.6 Å². The van der Waals surface area contributed by atoms with Crippen LogP contribution in [-0.2, 0) is 0 Å². The second kappa shape index (κ2) is 2.67. The predicted molar refractivity (Wildman–Crippen MR) is 37.2 cm³/mol. The maximum atomic E-state index is 5.59. The van der Waals surface area contributed by atoms with E-state index in [-0.39, 0.29) is 0 Å². The molecule has 0 aromatic carbocycles. The Morgan fingerprint density at radius 2 is 2.22 bits per heavy atom. The van der Waals surface area contributed by atoms with E-state index < -0.39 is 0 Å². The summed E-state index contributed by atoms with van der Waals surface area (Å²) in [4.78, 5) is 7.87. The number of hydrogen-bond donors (Lipinski definition) is 0. The Balaban J connectivity index is 3.17. The standard InChI is InChI=1S/C5H4AsClN2/c1-3-2-4(7)9-5(6)8-3/h2H,1H3. The van der Waals surface area contributed by atoms with Crippen LogP contribution in [0.3, 0.4) is 0 Å². The van der Waals surface area contributed by atoms with Crippen molar-refractivity contribution in [3.8, 4) is 0 Å². The van der Waals surface area contributed by atoms with E-state index in [1.54, 1.807) is 6.07 Å². The van der Waals surface area contributed by atoms with E-state index in [1.165, 1.54) is 0 Å². The fraction of sp³-hybridized carbons (Fsp3) is 0.200. The van der Waals surface area contributed by atoms with Crippen LogP contribution in [0.4, 0.5) is 0 Å². The normalized spacial score (nSPS) is 9.67. The molecule has 0 fully saturated rings. The van der Waals surface area contributed by atoms with Crippen molar-refractivity contribution in [1.82, 2.24) is 9.97 Å². The second-order valence-corrected chi connectivity index (χ2v) is 2.86. The number of aryl methyl sites for hydroxylation is 1. The molecule has 0 saturated heterocycles. The third-order valence-electron chi connectivity index (χ3n) is 0.811. The van der Waals surface area contributed by atoms with Gasteiger partial charge >= 0.3 is 66.9 Å². The number of nitrogens with zero attached hydrogens (tertiary/aromatic N) is 2. The third-order valence-corrected chi connectivity index (χ3v) is 1.42. The van der Waals surface area contributed by atoms with Gasteiger partial charge in [-0.1, -0.05) is 0 Å². The van der Waals surface area contributed by atoms with E-state index in [1.807, 2.05) is 6.92 Å². The van der Waals surface area contributed by atoms with E-state index in [2.05, 4.69) is 26.8 Å². The van der Waals surface area contributed by atoms with Gasteiger partial charge in [0.1, 0.15) is 0 Å². The van der Waals surface area contributed by atoms with Gasteiger partial charge in [0.05, 0.1) is 0 Å². The first-order valence-electron chi connectivity index (χ1n) is 2.38. The zero-order valence-corrected chi connectivity index (χ0v) is 7.43. The van der Waals surface area contributed by atoms with Crippen LogP contribution in [0.5, 0.6) is 0 Å². The molecule has 1 rings (SSSR count). The number of hydrogen-bond acceptors (Lipinski definition) is 2. The van der Waals surface area contributed by atoms with Crippen LogP contribution in [0.15, 0.2) is 6.07 Å². The summed E-state index contributed by atoms with van der Waals surface area (Å²) in [5, 5.41) is 0.498. The maximum absolute atomic E-state index is 5.59. The summed E-state index contributed by atoms with van der Waals surface area (Å²) in [5.41, 5.74) is 0.894. The van der Waals surface area contributed by atoms with Crippen molar-refractivity contribution in [3.63, 3.8) is 0 Å². The molecule has 2 nitrogen and oxygen atoms in total. The Bertz CT molecular complexity index is 176. The zero-order valence-electron chi connectivity index (χ0n) is 4.80. The molecule has 9 heavy (non-hydrogen) atoms. The molecule has 0 atom stereocenters. The summed E-state index contributed by atoms with van der Waals surface area (Å²) < 4.78 is 0.660. The average molecular weight is 202 g/mol. The van der Waals surface area contributed by atoms with Crippen molar-refractivity contribution < 1.29 is 0 Å². The van der Waals surface area contributed by atoms with Crippen molar-refractivity contribution in [1.29, 1.82) is 0 Å². The minimum absolute atomic E-state index is 0.498. The molecule has 1 heterocycles. The van der Waals surface area contributed by atoms with E-state index in [9.17, 15) is 0 Å². The van der Waals surface area contributed by atoms with Crippen LogP contribution in [-0.4, -0.2) is 26.8 Å². The van der Waals surface area contributed by atoms with Crippen LogP contribution >= 0.6 is 11.6 Å². The molecule has 1 aromatic heterocycles. The molecule has 1 aromatic rings. The summed E-state index contributed by atoms with van der Waals surface area (Å²) in [7, 11) is 0. The number of rotatable bonds is 0. The molecule has 46 valence electrons. The van der Waals surface area contributed by atoms with Gasteiger partial charge in [-0.2, -0.15) is 0 Å². The van der Waals surface area contributed by atoms with Crippen molar-refractivity contribution in [3.05, 3.63) is 16.9 Å². The number of aromatic nitrogens is 2. The van der Waals surface area contributed by atoms with Gasteiger partial charge in [0.2, 0.25) is 0 Å². The fourth-order valence-electron chi connectivity index (χ4n) is 0.515. The fourth-order valence-corrected chi connectivity index (χ4v) is 1.44. The zero-order chi connectivity index (χ0) is 6.85. The SMILES string of the molecule is Cc1cc(Cl)nc([As])n1. The molecular formula is C5H4AsClN2. The van der Waals surface area contributed by atoms with E-state index in [0.29, 0.717) is 9.77 Å². The monoisotopic (exact) mass is 202 g/mol. The Morgan fingerprint density at radius 3 is 2.67 bits per heavy atom. The second-order valence-electron chi connectivity index (χ2n) is 1.63. The van der Waals surface area contributed by atoms with Gasteiger partial charge in [-0.3, -0.25) is 0 Å². The Hall–Kier alpha value is -0.0716. The molecular weight excluding hydrogens is 198 g/mol. The van der Waals surface area contributed by atoms with Crippen molar-refractivity contribution in [2.24, 2.45) is 0 Å². The molecule has 0 saturated carbocycles. The quantitative estimate of drug-likeness (QED) is 0.445. The summed E-state index contributed by atoms with van der Waals surface area (Å²) in [5.74, 6) is 0. The van der Waals surface area contributed by atoms with Crippen molar-refractivity contribution in [2.75, 3.05) is 0 Å². The summed E-state index contributed by atoms with van der Waals surface area (Å²) in [6, 6.07) is 1.72. The van der Waals surface area contributed by atoms with Gasteiger partial charge in [-0.25, -0.2) is 0 Å². The van der Waals surface area contributed by atoms with Gasteiger partial charge in [0.15, 0.2) is 0 Å². The number of halogens is 1. The van der Waals surface area contributed by atoms with Gasteiger partial charge in [-0.05, 0) is 0 Å². The first kappa shape index (κ1) is 7.04. The van der Waals surface area contributed by atoms with Crippen LogP contribution in [0.25, 0.3) is 0 Å². The molecule has 0 bridgehead atoms. The molecule has 0 amide bonds. The predicted octanol–water partition coefficient (Wildman–Crippen LogP) is 0.232. The Kier molecular flexibility index (Phi) is 2.09. The van der Waals surface area contributed by atoms with Crippen molar-refractivity contribution >= 4 is 33.1 Å². The molecule has 4 heteroatoms. The first-order valence-corrected chi connectivity index (χ1v) is 3.70. The molecule has 2 radical (unpaired) electrons. The van der Waals surface area contributed by atoms with Crippen LogP contribution < -0.4 is 4.61 Å². The Labute approximate surface area is 67.2 Å². The molecule has 0 aliphatic carbocycles. The molecule has 0 unspecified atom stereocenters. The van der Waals surface area contributed by atoms with Gasteiger partial charge in [-0.15, -0.1) is 0 Å². The van der Waals surface area contributed by atoms with Gasteiger partial charge in [0, 0.05) is 0 Å². The molecule has 0 aliphatic heterocycles. The summed E-state index contributed by atoms with van der Waals surface area (Å²) in [6.45, 7) is 1.88. The molecule has 0 spiro atoms. The minimum atomic E-state index is 0.498. The van der Waals surface area contributed by atoms with Gasteiger partial charge < -0.3 is 0 Å². The molecule has 0 N–H and O–H groups in total. The van der Waals surface area contributed by atoms with Crippen LogP contribution in [0.2, 0.25) is 5.15 Å². The molecule has 0 aliphatic rings. The Morgan fingerprint density at radius 1 is 1.56 bits per heavy atom. The van der Waals surface area contributed by atoms with Crippen LogP contribution in [0, 0.1) is 6.92 Å². The summed E-state index contributed by atoms with van der Waals surface area (Å²) in [6.07, 6.45) is 0. The van der Waals surface area contributed by atoms with E-state index in [0.717, 1.165) is 5.69 Å². The van der Waals surface area contributed by atoms with Gasteiger partial charge in [0.25, 0.3) is 0 Å². The summed E-state index contributed by atoms with van der Waals surface area (Å²) >= 11 is 7.84. The third kappa shape index (κ3) is 1.96. The average Bonchev–Trinajstić information content (AvgIpc) is 1.59. The van der Waals surface area contributed by atoms with Crippen LogP contribution in [0.1, 0.15) is 5.69 Å².